The second-order valence-electron chi connectivity index (χ2n) is 6.04. The number of amides is 4. The van der Waals surface area contributed by atoms with Crippen LogP contribution in [-0.4, -0.2) is 46.4 Å². The first-order valence-electron chi connectivity index (χ1n) is 8.34. The molecule has 3 N–H and O–H groups in total. The van der Waals surface area contributed by atoms with Gasteiger partial charge in [-0.2, -0.15) is 0 Å². The van der Waals surface area contributed by atoms with Gasteiger partial charge in [-0.3, -0.25) is 10.2 Å². The van der Waals surface area contributed by atoms with Gasteiger partial charge < -0.3 is 10.4 Å². The number of imide groups is 1. The Kier molecular flexibility index (Phi) is 5.96. The van der Waals surface area contributed by atoms with Gasteiger partial charge in [-0.25, -0.2) is 23.3 Å². The standard InChI is InChI=1S/C18H17ClF2N4O3/c19-12-3-1-11(2-4-12)10-25-16(22-13-5-6-14(20)15(21)9-13)23-17(27)24(7-8-26)18(25)28/h1-6,9,16,22,26H,7-8,10H2,(H,23,27). The van der Waals surface area contributed by atoms with Crippen LogP contribution in [0.1, 0.15) is 5.56 Å². The monoisotopic (exact) mass is 410 g/mol. The highest BCUT2D eigenvalue weighted by molar-refractivity contribution is 6.30. The van der Waals surface area contributed by atoms with Crippen LogP contribution in [0, 0.1) is 11.6 Å². The van der Waals surface area contributed by atoms with Gasteiger partial charge in [-0.15, -0.1) is 0 Å². The fraction of sp³-hybridized carbons (Fsp3) is 0.222. The topological polar surface area (TPSA) is 84.9 Å². The minimum absolute atomic E-state index is 0.0968. The van der Waals surface area contributed by atoms with Crippen LogP contribution in [0.3, 0.4) is 0 Å². The Morgan fingerprint density at radius 1 is 1.11 bits per heavy atom. The molecular formula is C18H17ClF2N4O3. The van der Waals surface area contributed by atoms with Gasteiger partial charge in [0.05, 0.1) is 19.7 Å². The molecule has 3 rings (SSSR count). The second kappa shape index (κ2) is 8.41. The molecule has 148 valence electrons. The van der Waals surface area contributed by atoms with Crippen LogP contribution in [0.15, 0.2) is 42.5 Å². The van der Waals surface area contributed by atoms with Crippen molar-refractivity contribution in [2.24, 2.45) is 0 Å². The van der Waals surface area contributed by atoms with Crippen molar-refractivity contribution in [3.63, 3.8) is 0 Å². The van der Waals surface area contributed by atoms with Gasteiger partial charge in [0.2, 0.25) is 0 Å². The maximum atomic E-state index is 13.5. The van der Waals surface area contributed by atoms with E-state index in [4.69, 9.17) is 16.7 Å². The van der Waals surface area contributed by atoms with Gasteiger partial charge >= 0.3 is 12.1 Å². The lowest BCUT2D eigenvalue weighted by atomic mass is 10.2. The highest BCUT2D eigenvalue weighted by Gasteiger charge is 2.38. The molecule has 0 radical (unpaired) electrons. The van der Waals surface area contributed by atoms with E-state index in [1.54, 1.807) is 24.3 Å². The van der Waals surface area contributed by atoms with Crippen LogP contribution in [0.4, 0.5) is 24.1 Å². The lowest BCUT2D eigenvalue weighted by Crippen LogP contribution is -2.67. The summed E-state index contributed by atoms with van der Waals surface area (Å²) in [5.41, 5.74) is 0.906. The van der Waals surface area contributed by atoms with Crippen molar-refractivity contribution in [1.82, 2.24) is 15.1 Å². The molecule has 0 aliphatic carbocycles. The third kappa shape index (κ3) is 4.32. The smallest absolute Gasteiger partial charge is 0.331 e. The molecule has 0 saturated carbocycles. The summed E-state index contributed by atoms with van der Waals surface area (Å²) in [5.74, 6) is -2.08. The van der Waals surface area contributed by atoms with E-state index in [1.807, 2.05) is 0 Å². The van der Waals surface area contributed by atoms with E-state index in [0.29, 0.717) is 5.02 Å². The summed E-state index contributed by atoms with van der Waals surface area (Å²) < 4.78 is 26.7. The number of hydrogen-bond acceptors (Lipinski definition) is 4. The number of halogens is 3. The first-order chi connectivity index (χ1) is 13.4. The second-order valence-corrected chi connectivity index (χ2v) is 6.47. The first-order valence-corrected chi connectivity index (χ1v) is 8.72. The van der Waals surface area contributed by atoms with Crippen LogP contribution < -0.4 is 10.6 Å². The summed E-state index contributed by atoms with van der Waals surface area (Å²) in [7, 11) is 0. The molecule has 1 aliphatic rings. The molecule has 0 spiro atoms. The van der Waals surface area contributed by atoms with E-state index in [1.165, 1.54) is 11.0 Å². The number of carbonyl (C=O) groups is 2. The van der Waals surface area contributed by atoms with Crippen LogP contribution in [0.5, 0.6) is 0 Å². The number of aliphatic hydroxyl groups is 1. The minimum atomic E-state index is -1.07. The maximum absolute atomic E-state index is 13.5. The minimum Gasteiger partial charge on any atom is -0.395 e. The molecular weight excluding hydrogens is 394 g/mol. The molecule has 4 amide bonds. The average Bonchev–Trinajstić information content (AvgIpc) is 2.66. The van der Waals surface area contributed by atoms with Gasteiger partial charge in [0, 0.05) is 16.8 Å². The summed E-state index contributed by atoms with van der Waals surface area (Å²) >= 11 is 5.88. The van der Waals surface area contributed by atoms with Crippen molar-refractivity contribution >= 4 is 29.4 Å². The molecule has 1 unspecified atom stereocenters. The molecule has 1 aliphatic heterocycles. The molecule has 1 fully saturated rings. The summed E-state index contributed by atoms with van der Waals surface area (Å²) in [6, 6.07) is 8.54. The number of β-amino-alcohol motifs (C(OH)–C–C–N with tert-alkyl or cyclic N) is 1. The Balaban J connectivity index is 1.87. The number of benzene rings is 2. The summed E-state index contributed by atoms with van der Waals surface area (Å²) in [5, 5.41) is 15.0. The molecule has 2 aromatic rings. The number of carbonyl (C=O) groups excluding carboxylic acids is 2. The third-order valence-electron chi connectivity index (χ3n) is 4.11. The van der Waals surface area contributed by atoms with Gasteiger partial charge in [0.1, 0.15) is 0 Å². The Hall–Kier alpha value is -2.91. The molecule has 1 heterocycles. The lowest BCUT2D eigenvalue weighted by molar-refractivity contribution is 0.0992. The van der Waals surface area contributed by atoms with Crippen LogP contribution >= 0.6 is 11.6 Å². The number of rotatable bonds is 6. The van der Waals surface area contributed by atoms with Crippen LogP contribution in [0.25, 0.3) is 0 Å². The molecule has 1 saturated heterocycles. The lowest BCUT2D eigenvalue weighted by Gasteiger charge is -2.41. The first kappa shape index (κ1) is 19.8. The summed E-state index contributed by atoms with van der Waals surface area (Å²) in [4.78, 5) is 27.2. The molecule has 2 aromatic carbocycles. The SMILES string of the molecule is O=C1NC(Nc2ccc(F)c(F)c2)N(Cc2ccc(Cl)cc2)C(=O)N1CCO. The Morgan fingerprint density at radius 3 is 2.46 bits per heavy atom. The Bertz CT molecular complexity index is 882. The Labute approximate surface area is 164 Å². The molecule has 0 aromatic heterocycles. The molecule has 7 nitrogen and oxygen atoms in total. The number of aliphatic hydroxyl groups excluding tert-OH is 1. The van der Waals surface area contributed by atoms with Gasteiger partial charge in [0.15, 0.2) is 17.9 Å². The van der Waals surface area contributed by atoms with Crippen molar-refractivity contribution in [3.05, 3.63) is 64.7 Å². The van der Waals surface area contributed by atoms with Crippen molar-refractivity contribution in [3.8, 4) is 0 Å². The number of urea groups is 2. The summed E-state index contributed by atoms with van der Waals surface area (Å²) in [6.07, 6.45) is -1.02. The number of nitrogens with one attached hydrogen (secondary N) is 2. The largest absolute Gasteiger partial charge is 0.395 e. The predicted molar refractivity (Wildman–Crippen MR) is 98.5 cm³/mol. The molecule has 10 heteroatoms. The average molecular weight is 411 g/mol. The fourth-order valence-corrected chi connectivity index (χ4v) is 2.85. The van der Waals surface area contributed by atoms with Gasteiger partial charge in [-0.1, -0.05) is 23.7 Å². The Morgan fingerprint density at radius 2 is 1.82 bits per heavy atom. The van der Waals surface area contributed by atoms with Crippen molar-refractivity contribution < 1.29 is 23.5 Å². The van der Waals surface area contributed by atoms with E-state index >= 15 is 0 Å². The molecule has 1 atom stereocenters. The molecule has 0 bridgehead atoms. The number of hydrogen-bond donors (Lipinski definition) is 3. The van der Waals surface area contributed by atoms with Crippen molar-refractivity contribution in [1.29, 1.82) is 0 Å². The highest BCUT2D eigenvalue weighted by atomic mass is 35.5. The zero-order valence-corrected chi connectivity index (χ0v) is 15.3. The zero-order valence-electron chi connectivity index (χ0n) is 14.5. The normalized spacial score (nSPS) is 16.9. The predicted octanol–water partition coefficient (Wildman–Crippen LogP) is 2.95. The third-order valence-corrected chi connectivity index (χ3v) is 4.36. The van der Waals surface area contributed by atoms with E-state index in [2.05, 4.69) is 10.6 Å². The fourth-order valence-electron chi connectivity index (χ4n) is 2.73. The van der Waals surface area contributed by atoms with Crippen LogP contribution in [0.2, 0.25) is 5.02 Å². The van der Waals surface area contributed by atoms with Crippen molar-refractivity contribution in [2.45, 2.75) is 12.8 Å². The zero-order chi connectivity index (χ0) is 20.3. The number of nitrogens with zero attached hydrogens (tertiary/aromatic N) is 2. The van der Waals surface area contributed by atoms with E-state index < -0.39 is 36.6 Å². The number of anilines is 1. The summed E-state index contributed by atoms with van der Waals surface area (Å²) in [6.45, 7) is -0.478. The van der Waals surface area contributed by atoms with E-state index in [-0.39, 0.29) is 18.8 Å². The van der Waals surface area contributed by atoms with Gasteiger partial charge in [0.25, 0.3) is 0 Å². The van der Waals surface area contributed by atoms with E-state index in [9.17, 15) is 18.4 Å². The quantitative estimate of drug-likeness (QED) is 0.683. The molecule has 28 heavy (non-hydrogen) atoms. The van der Waals surface area contributed by atoms with Crippen LogP contribution in [-0.2, 0) is 6.54 Å². The highest BCUT2D eigenvalue weighted by Crippen LogP contribution is 2.20. The maximum Gasteiger partial charge on any atom is 0.331 e. The van der Waals surface area contributed by atoms with Crippen molar-refractivity contribution in [2.75, 3.05) is 18.5 Å². The van der Waals surface area contributed by atoms with E-state index in [0.717, 1.165) is 22.6 Å². The van der Waals surface area contributed by atoms with Gasteiger partial charge in [-0.05, 0) is 29.8 Å².